The minimum atomic E-state index is -0.299. The lowest BCUT2D eigenvalue weighted by Gasteiger charge is -2.31. The number of carbonyl (C=O) groups excluding carboxylic acids is 1. The number of nitrogens with zero attached hydrogens (tertiary/aromatic N) is 1. The van der Waals surface area contributed by atoms with Crippen LogP contribution in [0.1, 0.15) is 99.8 Å². The van der Waals surface area contributed by atoms with E-state index in [9.17, 15) is 9.90 Å². The average Bonchev–Trinajstić information content (AvgIpc) is 3.00. The summed E-state index contributed by atoms with van der Waals surface area (Å²) >= 11 is 7.60. The summed E-state index contributed by atoms with van der Waals surface area (Å²) in [7, 11) is 0. The van der Waals surface area contributed by atoms with Gasteiger partial charge in [-0.15, -0.1) is 0 Å². The maximum atomic E-state index is 13.5. The Morgan fingerprint density at radius 3 is 1.43 bits per heavy atom. The number of Topliss-reactive ketones (excluding diaryl/α,β-unsaturated/α-hetero) is 1. The number of halogens is 2. The van der Waals surface area contributed by atoms with Crippen LogP contribution in [0.3, 0.4) is 0 Å². The number of carbonyl (C=O) groups is 1. The normalized spacial score (nSPS) is 17.9. The highest BCUT2D eigenvalue weighted by molar-refractivity contribution is 9.14. The first-order valence-electron chi connectivity index (χ1n) is 12.8. The first kappa shape index (κ1) is 29.8. The molecule has 1 aromatic carbocycles. The van der Waals surface area contributed by atoms with Gasteiger partial charge in [-0.3, -0.25) is 4.79 Å². The van der Waals surface area contributed by atoms with Crippen molar-refractivity contribution in [3.63, 3.8) is 0 Å². The zero-order valence-electron chi connectivity index (χ0n) is 24.4. The molecule has 0 radical (unpaired) electrons. The maximum Gasteiger partial charge on any atom is 0.186 e. The number of aliphatic imine (C=N–C) groups is 1. The molecule has 1 heterocycles. The minimum Gasteiger partial charge on any atom is -0.507 e. The topological polar surface area (TPSA) is 49.7 Å². The molecule has 0 saturated heterocycles. The van der Waals surface area contributed by atoms with Gasteiger partial charge < -0.3 is 5.11 Å². The summed E-state index contributed by atoms with van der Waals surface area (Å²) in [5.74, 6) is 0.454. The van der Waals surface area contributed by atoms with Crippen LogP contribution in [-0.4, -0.2) is 16.6 Å². The highest BCUT2D eigenvalue weighted by Gasteiger charge is 2.36. The molecule has 2 aliphatic rings. The van der Waals surface area contributed by atoms with E-state index in [1.54, 1.807) is 0 Å². The van der Waals surface area contributed by atoms with Crippen LogP contribution < -0.4 is 0 Å². The SMILES string of the molecule is CC(C)(C)C1=CC(=C2N=C(c3cc(C(C)(C)C)c(O)c(C(C)(C)C)c3)C(Br)=C2Br)C=C(C(C)(C)C)C1=O. The van der Waals surface area contributed by atoms with Crippen molar-refractivity contribution in [1.82, 2.24) is 0 Å². The van der Waals surface area contributed by atoms with E-state index in [-0.39, 0.29) is 27.4 Å². The van der Waals surface area contributed by atoms with E-state index in [0.29, 0.717) is 5.75 Å². The quantitative estimate of drug-likeness (QED) is 0.336. The number of hydrogen-bond donors (Lipinski definition) is 1. The van der Waals surface area contributed by atoms with Crippen molar-refractivity contribution >= 4 is 43.4 Å². The van der Waals surface area contributed by atoms with Gasteiger partial charge >= 0.3 is 0 Å². The highest BCUT2D eigenvalue weighted by Crippen LogP contribution is 2.45. The number of hydrogen-bond acceptors (Lipinski definition) is 3. The molecule has 0 amide bonds. The average molecular weight is 631 g/mol. The second-order valence-electron chi connectivity index (χ2n) is 14.3. The van der Waals surface area contributed by atoms with Gasteiger partial charge in [-0.2, -0.15) is 0 Å². The number of aromatic hydroxyl groups is 1. The lowest BCUT2D eigenvalue weighted by molar-refractivity contribution is -0.114. The lowest BCUT2D eigenvalue weighted by atomic mass is 9.71. The Morgan fingerprint density at radius 2 is 1.08 bits per heavy atom. The monoisotopic (exact) mass is 629 g/mol. The molecule has 200 valence electrons. The molecule has 37 heavy (non-hydrogen) atoms. The largest absolute Gasteiger partial charge is 0.507 e. The second kappa shape index (κ2) is 9.48. The van der Waals surface area contributed by atoms with Crippen molar-refractivity contribution in [1.29, 1.82) is 0 Å². The predicted octanol–water partition coefficient (Wildman–Crippen LogP) is 9.57. The van der Waals surface area contributed by atoms with E-state index >= 15 is 0 Å². The van der Waals surface area contributed by atoms with Crippen LogP contribution in [0.2, 0.25) is 0 Å². The van der Waals surface area contributed by atoms with E-state index in [1.165, 1.54) is 0 Å². The Kier molecular flexibility index (Phi) is 7.64. The van der Waals surface area contributed by atoms with Crippen LogP contribution in [0, 0.1) is 10.8 Å². The molecule has 1 aliphatic carbocycles. The molecule has 1 aromatic rings. The molecule has 5 heteroatoms. The van der Waals surface area contributed by atoms with E-state index < -0.39 is 0 Å². The molecule has 0 fully saturated rings. The fourth-order valence-corrected chi connectivity index (χ4v) is 5.61. The molecule has 0 spiro atoms. The molecule has 3 nitrogen and oxygen atoms in total. The number of rotatable bonds is 1. The van der Waals surface area contributed by atoms with Crippen molar-refractivity contribution < 1.29 is 9.90 Å². The molecule has 1 aliphatic heterocycles. The Hall–Kier alpha value is -1.72. The van der Waals surface area contributed by atoms with Crippen molar-refractivity contribution in [2.24, 2.45) is 15.8 Å². The van der Waals surface area contributed by atoms with Gasteiger partial charge in [0.05, 0.1) is 20.4 Å². The summed E-state index contributed by atoms with van der Waals surface area (Å²) in [5.41, 5.74) is 5.73. The van der Waals surface area contributed by atoms with Crippen LogP contribution in [0.5, 0.6) is 5.75 Å². The molecule has 1 N–H and O–H groups in total. The van der Waals surface area contributed by atoms with E-state index in [2.05, 4.69) is 127 Å². The Morgan fingerprint density at radius 1 is 0.676 bits per heavy atom. The maximum absolute atomic E-state index is 13.5. The zero-order valence-corrected chi connectivity index (χ0v) is 27.5. The van der Waals surface area contributed by atoms with Gasteiger partial charge in [-0.05, 0) is 77.8 Å². The number of allylic oxidation sites excluding steroid dienone is 7. The molecule has 0 atom stereocenters. The minimum absolute atomic E-state index is 0.105. The van der Waals surface area contributed by atoms with Gasteiger partial charge in [-0.1, -0.05) is 83.1 Å². The smallest absolute Gasteiger partial charge is 0.186 e. The van der Waals surface area contributed by atoms with E-state index in [4.69, 9.17) is 4.99 Å². The molecule has 0 unspecified atom stereocenters. The fraction of sp³-hybridized carbons (Fsp3) is 0.500. The zero-order chi connectivity index (χ0) is 28.5. The van der Waals surface area contributed by atoms with E-state index in [1.807, 2.05) is 12.2 Å². The van der Waals surface area contributed by atoms with Gasteiger partial charge in [0.15, 0.2) is 5.78 Å². The number of phenolic OH excluding ortho intramolecular Hbond substituents is 1. The number of benzene rings is 1. The van der Waals surface area contributed by atoms with Crippen molar-refractivity contribution in [3.8, 4) is 5.75 Å². The van der Waals surface area contributed by atoms with Gasteiger partial charge in [-0.25, -0.2) is 4.99 Å². The van der Waals surface area contributed by atoms with Crippen LogP contribution >= 0.6 is 31.9 Å². The fourth-order valence-electron chi connectivity index (χ4n) is 4.59. The summed E-state index contributed by atoms with van der Waals surface area (Å²) in [6.07, 6.45) is 4.00. The Balaban J connectivity index is 2.36. The third-order valence-electron chi connectivity index (χ3n) is 6.81. The van der Waals surface area contributed by atoms with Crippen molar-refractivity contribution in [3.05, 3.63) is 72.4 Å². The summed E-state index contributed by atoms with van der Waals surface area (Å²) < 4.78 is 1.71. The van der Waals surface area contributed by atoms with Gasteiger partial charge in [0.25, 0.3) is 0 Å². The lowest BCUT2D eigenvalue weighted by Crippen LogP contribution is -2.28. The Labute approximate surface area is 240 Å². The standard InChI is InChI=1S/C32H41Br2NO2/c1-29(2,3)19-13-17(14-20(27(19)36)30(4,5)6)25-23(33)24(34)26(35-25)18-15-21(31(7,8)9)28(37)22(16-18)32(10,11)12/h13-16,36H,1-12H3. The van der Waals surface area contributed by atoms with Crippen LogP contribution in [-0.2, 0) is 15.6 Å². The van der Waals surface area contributed by atoms with Gasteiger partial charge in [0.2, 0.25) is 0 Å². The Bertz CT molecular complexity index is 1250. The molecule has 3 rings (SSSR count). The molecule has 0 aromatic heterocycles. The molecule has 0 saturated carbocycles. The second-order valence-corrected chi connectivity index (χ2v) is 15.8. The predicted molar refractivity (Wildman–Crippen MR) is 164 cm³/mol. The first-order chi connectivity index (χ1) is 16.5. The summed E-state index contributed by atoms with van der Waals surface area (Å²) in [5, 5.41) is 11.2. The number of phenols is 1. The van der Waals surface area contributed by atoms with E-state index in [0.717, 1.165) is 53.8 Å². The third kappa shape index (κ3) is 5.83. The molecular formula is C32H41Br2NO2. The molecular weight excluding hydrogens is 590 g/mol. The van der Waals surface area contributed by atoms with Crippen molar-refractivity contribution in [2.75, 3.05) is 0 Å². The molecule has 0 bridgehead atoms. The van der Waals surface area contributed by atoms with Gasteiger partial charge in [0, 0.05) is 33.4 Å². The number of ketones is 1. The first-order valence-corrected chi connectivity index (χ1v) is 14.4. The summed E-state index contributed by atoms with van der Waals surface area (Å²) in [6, 6.07) is 4.10. The van der Waals surface area contributed by atoms with Crippen molar-refractivity contribution in [2.45, 2.75) is 93.9 Å². The highest BCUT2D eigenvalue weighted by atomic mass is 79.9. The summed E-state index contributed by atoms with van der Waals surface area (Å²) in [6.45, 7) is 25.1. The summed E-state index contributed by atoms with van der Waals surface area (Å²) in [4.78, 5) is 18.6. The van der Waals surface area contributed by atoms with Crippen LogP contribution in [0.15, 0.2) is 60.7 Å². The van der Waals surface area contributed by atoms with Crippen LogP contribution in [0.25, 0.3) is 0 Å². The van der Waals surface area contributed by atoms with Gasteiger partial charge in [0.1, 0.15) is 5.75 Å². The third-order valence-corrected chi connectivity index (χ3v) is 8.89. The van der Waals surface area contributed by atoms with Crippen LogP contribution in [0.4, 0.5) is 0 Å².